The van der Waals surface area contributed by atoms with Gasteiger partial charge in [-0.05, 0) is 63.0 Å². The summed E-state index contributed by atoms with van der Waals surface area (Å²) in [5.41, 5.74) is 1.08. The molecule has 0 spiro atoms. The highest BCUT2D eigenvalue weighted by Gasteiger charge is 2.22. The number of rotatable bonds is 8. The molecular weight excluding hydrogens is 307 g/mol. The second kappa shape index (κ2) is 8.96. The van der Waals surface area contributed by atoms with E-state index in [4.69, 9.17) is 23.2 Å². The highest BCUT2D eigenvalue weighted by molar-refractivity contribution is 6.35. The number of likely N-dealkylation sites (tertiary alicyclic amines) is 1. The summed E-state index contributed by atoms with van der Waals surface area (Å²) in [5.74, 6) is 0. The number of benzene rings is 1. The zero-order chi connectivity index (χ0) is 15.1. The molecule has 1 fully saturated rings. The van der Waals surface area contributed by atoms with Crippen LogP contribution in [-0.2, 0) is 6.54 Å². The molecule has 1 aliphatic heterocycles. The normalized spacial score (nSPS) is 19.3. The molecule has 21 heavy (non-hydrogen) atoms. The van der Waals surface area contributed by atoms with E-state index in [1.54, 1.807) is 6.07 Å². The van der Waals surface area contributed by atoms with Crippen molar-refractivity contribution in [2.24, 2.45) is 0 Å². The molecule has 1 aliphatic rings. The van der Waals surface area contributed by atoms with E-state index in [1.807, 2.05) is 12.1 Å². The molecule has 0 amide bonds. The van der Waals surface area contributed by atoms with Crippen LogP contribution in [0.2, 0.25) is 10.0 Å². The van der Waals surface area contributed by atoms with Crippen molar-refractivity contribution in [1.82, 2.24) is 10.2 Å². The molecular formula is C16H24Cl2N2O. The van der Waals surface area contributed by atoms with E-state index in [-0.39, 0.29) is 0 Å². The lowest BCUT2D eigenvalue weighted by Crippen LogP contribution is -2.33. The minimum Gasteiger partial charge on any atom is -0.395 e. The first-order valence-electron chi connectivity index (χ1n) is 7.70. The van der Waals surface area contributed by atoms with Gasteiger partial charge in [-0.2, -0.15) is 0 Å². The van der Waals surface area contributed by atoms with Crippen LogP contribution in [0.4, 0.5) is 0 Å². The maximum atomic E-state index is 9.27. The second-order valence-corrected chi connectivity index (χ2v) is 6.48. The summed E-state index contributed by atoms with van der Waals surface area (Å²) >= 11 is 12.0. The van der Waals surface area contributed by atoms with Crippen LogP contribution in [0.3, 0.4) is 0 Å². The number of hydrogen-bond donors (Lipinski definition) is 2. The third-order valence-electron chi connectivity index (χ3n) is 4.09. The van der Waals surface area contributed by atoms with Gasteiger partial charge in [0.2, 0.25) is 0 Å². The highest BCUT2D eigenvalue weighted by Crippen LogP contribution is 2.20. The minimum absolute atomic E-state index is 0.299. The zero-order valence-electron chi connectivity index (χ0n) is 12.3. The predicted octanol–water partition coefficient (Wildman–Crippen LogP) is 3.32. The Morgan fingerprint density at radius 1 is 1.29 bits per heavy atom. The summed E-state index contributed by atoms with van der Waals surface area (Å²) in [6, 6.07) is 6.01. The molecule has 2 rings (SSSR count). The molecule has 0 aromatic heterocycles. The van der Waals surface area contributed by atoms with E-state index in [0.29, 0.717) is 17.7 Å². The van der Waals surface area contributed by atoms with E-state index in [1.165, 1.54) is 6.42 Å². The van der Waals surface area contributed by atoms with Crippen LogP contribution in [0.1, 0.15) is 31.2 Å². The fourth-order valence-electron chi connectivity index (χ4n) is 2.85. The van der Waals surface area contributed by atoms with Crippen molar-refractivity contribution in [2.45, 2.75) is 38.3 Å². The van der Waals surface area contributed by atoms with E-state index in [9.17, 15) is 5.11 Å². The molecule has 1 saturated heterocycles. The quantitative estimate of drug-likeness (QED) is 0.718. The molecule has 1 unspecified atom stereocenters. The van der Waals surface area contributed by atoms with Gasteiger partial charge in [0.15, 0.2) is 0 Å². The van der Waals surface area contributed by atoms with Crippen molar-refractivity contribution >= 4 is 23.2 Å². The van der Waals surface area contributed by atoms with E-state index in [2.05, 4.69) is 10.2 Å². The maximum absolute atomic E-state index is 9.27. The van der Waals surface area contributed by atoms with E-state index in [0.717, 1.165) is 56.0 Å². The Labute approximate surface area is 137 Å². The Bertz CT molecular complexity index is 442. The molecule has 0 bridgehead atoms. The summed E-state index contributed by atoms with van der Waals surface area (Å²) in [7, 11) is 0. The van der Waals surface area contributed by atoms with Crippen molar-refractivity contribution < 1.29 is 5.11 Å². The monoisotopic (exact) mass is 330 g/mol. The summed E-state index contributed by atoms with van der Waals surface area (Å²) < 4.78 is 0. The van der Waals surface area contributed by atoms with E-state index < -0.39 is 0 Å². The van der Waals surface area contributed by atoms with Crippen LogP contribution in [-0.4, -0.2) is 42.3 Å². The predicted molar refractivity (Wildman–Crippen MR) is 89.1 cm³/mol. The Kier molecular flexibility index (Phi) is 7.27. The Balaban J connectivity index is 1.58. The molecule has 1 atom stereocenters. The smallest absolute Gasteiger partial charge is 0.0586 e. The summed E-state index contributed by atoms with van der Waals surface area (Å²) in [5, 5.41) is 14.1. The van der Waals surface area contributed by atoms with Gasteiger partial charge in [0.1, 0.15) is 0 Å². The van der Waals surface area contributed by atoms with Crippen LogP contribution in [0, 0.1) is 0 Å². The number of hydrogen-bond acceptors (Lipinski definition) is 3. The van der Waals surface area contributed by atoms with Gasteiger partial charge < -0.3 is 10.4 Å². The van der Waals surface area contributed by atoms with Crippen molar-refractivity contribution in [2.75, 3.05) is 26.2 Å². The van der Waals surface area contributed by atoms with Gasteiger partial charge in [-0.25, -0.2) is 0 Å². The molecule has 0 saturated carbocycles. The van der Waals surface area contributed by atoms with Crippen molar-refractivity contribution in [1.29, 1.82) is 0 Å². The third-order valence-corrected chi connectivity index (χ3v) is 4.68. The largest absolute Gasteiger partial charge is 0.395 e. The third kappa shape index (κ3) is 5.42. The number of aliphatic hydroxyl groups is 1. The molecule has 1 aromatic carbocycles. The van der Waals surface area contributed by atoms with Gasteiger partial charge in [0.25, 0.3) is 0 Å². The molecule has 0 radical (unpaired) electrons. The lowest BCUT2D eigenvalue weighted by Gasteiger charge is -2.22. The number of unbranched alkanes of at least 4 members (excludes halogenated alkanes) is 1. The number of aliphatic hydroxyl groups excluding tert-OH is 1. The standard InChI is InChI=1S/C16H24Cl2N2O/c17-14-6-5-13(16(18)10-14)11-19-7-1-2-8-20-9-3-4-15(20)12-21/h5-6,10,15,19,21H,1-4,7-9,11-12H2. The Hall–Kier alpha value is -0.320. The first kappa shape index (κ1) is 17.0. The maximum Gasteiger partial charge on any atom is 0.0586 e. The van der Waals surface area contributed by atoms with Gasteiger partial charge >= 0.3 is 0 Å². The fraction of sp³-hybridized carbons (Fsp3) is 0.625. The van der Waals surface area contributed by atoms with Crippen molar-refractivity contribution in [3.8, 4) is 0 Å². The first-order valence-corrected chi connectivity index (χ1v) is 8.46. The number of halogens is 2. The number of nitrogens with zero attached hydrogens (tertiary/aromatic N) is 1. The lowest BCUT2D eigenvalue weighted by molar-refractivity contribution is 0.157. The van der Waals surface area contributed by atoms with Gasteiger partial charge in [-0.3, -0.25) is 4.90 Å². The Morgan fingerprint density at radius 2 is 2.14 bits per heavy atom. The van der Waals surface area contributed by atoms with Gasteiger partial charge in [-0.15, -0.1) is 0 Å². The van der Waals surface area contributed by atoms with Crippen molar-refractivity contribution in [3.63, 3.8) is 0 Å². The molecule has 1 heterocycles. The van der Waals surface area contributed by atoms with Crippen LogP contribution < -0.4 is 5.32 Å². The molecule has 5 heteroatoms. The molecule has 3 nitrogen and oxygen atoms in total. The Morgan fingerprint density at radius 3 is 2.90 bits per heavy atom. The molecule has 1 aromatic rings. The van der Waals surface area contributed by atoms with Crippen LogP contribution in [0.5, 0.6) is 0 Å². The zero-order valence-corrected chi connectivity index (χ0v) is 13.8. The average molecular weight is 331 g/mol. The van der Waals surface area contributed by atoms with Gasteiger partial charge in [0, 0.05) is 22.6 Å². The average Bonchev–Trinajstić information content (AvgIpc) is 2.92. The van der Waals surface area contributed by atoms with E-state index >= 15 is 0 Å². The highest BCUT2D eigenvalue weighted by atomic mass is 35.5. The molecule has 2 N–H and O–H groups in total. The fourth-order valence-corrected chi connectivity index (χ4v) is 3.32. The van der Waals surface area contributed by atoms with Crippen LogP contribution in [0.15, 0.2) is 18.2 Å². The number of nitrogens with one attached hydrogen (secondary N) is 1. The van der Waals surface area contributed by atoms with Crippen molar-refractivity contribution in [3.05, 3.63) is 33.8 Å². The van der Waals surface area contributed by atoms with Gasteiger partial charge in [0.05, 0.1) is 6.61 Å². The van der Waals surface area contributed by atoms with Gasteiger partial charge in [-0.1, -0.05) is 29.3 Å². The van der Waals surface area contributed by atoms with Crippen LogP contribution >= 0.6 is 23.2 Å². The molecule has 0 aliphatic carbocycles. The summed E-state index contributed by atoms with van der Waals surface area (Å²) in [6.07, 6.45) is 4.67. The SMILES string of the molecule is OCC1CCCN1CCCCNCc1ccc(Cl)cc1Cl. The summed E-state index contributed by atoms with van der Waals surface area (Å²) in [4.78, 5) is 2.41. The first-order chi connectivity index (χ1) is 10.2. The minimum atomic E-state index is 0.299. The summed E-state index contributed by atoms with van der Waals surface area (Å²) in [6.45, 7) is 4.29. The lowest BCUT2D eigenvalue weighted by atomic mass is 10.2. The van der Waals surface area contributed by atoms with Crippen LogP contribution in [0.25, 0.3) is 0 Å². The second-order valence-electron chi connectivity index (χ2n) is 5.63. The molecule has 118 valence electrons. The topological polar surface area (TPSA) is 35.5 Å².